The fraction of sp³-hybridized carbons (Fsp3) is 0.867. The normalized spacial score (nSPS) is 17.7. The van der Waals surface area contributed by atoms with E-state index in [9.17, 15) is 0 Å². The standard InChI is InChI=1S/C15H29N3O2/c1-7-12(16-9-3)11(5)13-17-14(18-20-13)15(6,8-2)19-10-4/h11-12,16H,7-10H2,1-6H3. The molecule has 0 saturated heterocycles. The zero-order chi connectivity index (χ0) is 15.2. The molecule has 0 aromatic carbocycles. The maximum Gasteiger partial charge on any atom is 0.231 e. The second-order valence-corrected chi connectivity index (χ2v) is 5.33. The topological polar surface area (TPSA) is 60.2 Å². The van der Waals surface area contributed by atoms with Crippen LogP contribution in [0.15, 0.2) is 4.52 Å². The summed E-state index contributed by atoms with van der Waals surface area (Å²) in [6.45, 7) is 14.0. The van der Waals surface area contributed by atoms with Crippen molar-refractivity contribution in [2.45, 2.75) is 71.9 Å². The summed E-state index contributed by atoms with van der Waals surface area (Å²) in [6, 6.07) is 0.355. The van der Waals surface area contributed by atoms with Crippen LogP contribution in [0.2, 0.25) is 0 Å². The Labute approximate surface area is 122 Å². The molecule has 0 aliphatic heterocycles. The van der Waals surface area contributed by atoms with Gasteiger partial charge < -0.3 is 14.6 Å². The van der Waals surface area contributed by atoms with Gasteiger partial charge in [0.05, 0.1) is 5.92 Å². The van der Waals surface area contributed by atoms with E-state index in [1.54, 1.807) is 0 Å². The number of rotatable bonds is 9. The Morgan fingerprint density at radius 1 is 1.30 bits per heavy atom. The predicted molar refractivity (Wildman–Crippen MR) is 79.7 cm³/mol. The molecule has 1 aromatic heterocycles. The van der Waals surface area contributed by atoms with E-state index in [-0.39, 0.29) is 5.92 Å². The molecule has 3 unspecified atom stereocenters. The molecule has 5 nitrogen and oxygen atoms in total. The Morgan fingerprint density at radius 3 is 2.50 bits per heavy atom. The molecule has 0 saturated carbocycles. The number of ether oxygens (including phenoxy) is 1. The van der Waals surface area contributed by atoms with Crippen molar-refractivity contribution in [2.75, 3.05) is 13.2 Å². The second kappa shape index (κ2) is 7.74. The van der Waals surface area contributed by atoms with E-state index in [0.717, 1.165) is 19.4 Å². The van der Waals surface area contributed by atoms with Crippen LogP contribution in [0.5, 0.6) is 0 Å². The van der Waals surface area contributed by atoms with Crippen LogP contribution in [0, 0.1) is 0 Å². The third-order valence-corrected chi connectivity index (χ3v) is 3.95. The lowest BCUT2D eigenvalue weighted by atomic mass is 9.99. The molecule has 0 bridgehead atoms. The van der Waals surface area contributed by atoms with Crippen LogP contribution < -0.4 is 5.32 Å². The summed E-state index contributed by atoms with van der Waals surface area (Å²) in [5, 5.41) is 7.60. The van der Waals surface area contributed by atoms with Crippen molar-refractivity contribution >= 4 is 0 Å². The SMILES string of the molecule is CCNC(CC)C(C)c1nc(C(C)(CC)OCC)no1. The molecule has 1 N–H and O–H groups in total. The zero-order valence-electron chi connectivity index (χ0n) is 13.7. The molecule has 1 heterocycles. The maximum absolute atomic E-state index is 5.79. The van der Waals surface area contributed by atoms with Gasteiger partial charge in [-0.2, -0.15) is 4.98 Å². The highest BCUT2D eigenvalue weighted by atomic mass is 16.5. The lowest BCUT2D eigenvalue weighted by Crippen LogP contribution is -2.33. The highest BCUT2D eigenvalue weighted by molar-refractivity contribution is 5.03. The Hall–Kier alpha value is -0.940. The van der Waals surface area contributed by atoms with Crippen molar-refractivity contribution in [1.82, 2.24) is 15.5 Å². The summed E-state index contributed by atoms with van der Waals surface area (Å²) in [6.07, 6.45) is 1.85. The van der Waals surface area contributed by atoms with Crippen LogP contribution in [0.3, 0.4) is 0 Å². The molecular weight excluding hydrogens is 254 g/mol. The van der Waals surface area contributed by atoms with Crippen LogP contribution >= 0.6 is 0 Å². The van der Waals surface area contributed by atoms with E-state index >= 15 is 0 Å². The summed E-state index contributed by atoms with van der Waals surface area (Å²) in [7, 11) is 0. The number of aromatic nitrogens is 2. The van der Waals surface area contributed by atoms with Gasteiger partial charge in [-0.25, -0.2) is 0 Å². The van der Waals surface area contributed by atoms with Crippen LogP contribution in [-0.2, 0) is 10.3 Å². The minimum absolute atomic E-state index is 0.198. The fourth-order valence-corrected chi connectivity index (χ4v) is 2.39. The third kappa shape index (κ3) is 3.79. The molecule has 116 valence electrons. The van der Waals surface area contributed by atoms with Gasteiger partial charge in [0.25, 0.3) is 0 Å². The van der Waals surface area contributed by atoms with E-state index in [1.807, 2.05) is 13.8 Å². The second-order valence-electron chi connectivity index (χ2n) is 5.33. The van der Waals surface area contributed by atoms with Gasteiger partial charge in [0.2, 0.25) is 11.7 Å². The van der Waals surface area contributed by atoms with Gasteiger partial charge in [0, 0.05) is 12.6 Å². The quantitative estimate of drug-likeness (QED) is 0.754. The van der Waals surface area contributed by atoms with E-state index in [2.05, 4.69) is 43.2 Å². The number of hydrogen-bond acceptors (Lipinski definition) is 5. The largest absolute Gasteiger partial charge is 0.367 e. The smallest absolute Gasteiger partial charge is 0.231 e. The molecular formula is C15H29N3O2. The van der Waals surface area contributed by atoms with E-state index in [4.69, 9.17) is 9.26 Å². The minimum Gasteiger partial charge on any atom is -0.367 e. The van der Waals surface area contributed by atoms with Gasteiger partial charge in [-0.1, -0.05) is 32.9 Å². The Kier molecular flexibility index (Phi) is 6.62. The van der Waals surface area contributed by atoms with E-state index < -0.39 is 5.60 Å². The molecule has 0 spiro atoms. The summed E-state index contributed by atoms with van der Waals surface area (Å²) < 4.78 is 11.3. The van der Waals surface area contributed by atoms with Gasteiger partial charge in [0.15, 0.2) is 0 Å². The Bertz CT molecular complexity index is 394. The van der Waals surface area contributed by atoms with Crippen LogP contribution in [0.1, 0.15) is 72.0 Å². The molecule has 1 rings (SSSR count). The average Bonchev–Trinajstić information content (AvgIpc) is 2.94. The Balaban J connectivity index is 2.90. The Morgan fingerprint density at radius 2 is 2.00 bits per heavy atom. The lowest BCUT2D eigenvalue weighted by Gasteiger charge is -2.24. The molecule has 20 heavy (non-hydrogen) atoms. The van der Waals surface area contributed by atoms with Crippen molar-refractivity contribution in [3.05, 3.63) is 11.7 Å². The van der Waals surface area contributed by atoms with Gasteiger partial charge in [-0.05, 0) is 33.2 Å². The fourth-order valence-electron chi connectivity index (χ4n) is 2.39. The third-order valence-electron chi connectivity index (χ3n) is 3.95. The number of nitrogens with one attached hydrogen (secondary N) is 1. The maximum atomic E-state index is 5.79. The summed E-state index contributed by atoms with van der Waals surface area (Å²) >= 11 is 0. The molecule has 5 heteroatoms. The number of likely N-dealkylation sites (N-methyl/N-ethyl adjacent to an activating group) is 1. The number of nitrogens with zero attached hydrogens (tertiary/aromatic N) is 2. The van der Waals surface area contributed by atoms with Crippen molar-refractivity contribution < 1.29 is 9.26 Å². The number of hydrogen-bond donors (Lipinski definition) is 1. The van der Waals surface area contributed by atoms with Crippen molar-refractivity contribution in [3.63, 3.8) is 0 Å². The first kappa shape index (κ1) is 17.1. The van der Waals surface area contributed by atoms with Crippen molar-refractivity contribution in [3.8, 4) is 0 Å². The van der Waals surface area contributed by atoms with E-state index in [0.29, 0.717) is 24.4 Å². The molecule has 0 radical (unpaired) electrons. The van der Waals surface area contributed by atoms with Gasteiger partial charge in [0.1, 0.15) is 5.60 Å². The van der Waals surface area contributed by atoms with Crippen molar-refractivity contribution in [2.24, 2.45) is 0 Å². The molecule has 0 amide bonds. The molecule has 0 aliphatic carbocycles. The summed E-state index contributed by atoms with van der Waals surface area (Å²) in [5.41, 5.74) is -0.462. The van der Waals surface area contributed by atoms with Gasteiger partial charge in [-0.15, -0.1) is 0 Å². The zero-order valence-corrected chi connectivity index (χ0v) is 13.7. The molecule has 0 aliphatic rings. The lowest BCUT2D eigenvalue weighted by molar-refractivity contribution is -0.0403. The first-order chi connectivity index (χ1) is 9.52. The average molecular weight is 283 g/mol. The first-order valence-electron chi connectivity index (χ1n) is 7.73. The van der Waals surface area contributed by atoms with Crippen LogP contribution in [0.25, 0.3) is 0 Å². The minimum atomic E-state index is -0.462. The molecule has 1 aromatic rings. The van der Waals surface area contributed by atoms with E-state index in [1.165, 1.54) is 0 Å². The first-order valence-corrected chi connectivity index (χ1v) is 7.73. The molecule has 0 fully saturated rings. The summed E-state index contributed by atoms with van der Waals surface area (Å²) in [4.78, 5) is 4.58. The van der Waals surface area contributed by atoms with Crippen LogP contribution in [-0.4, -0.2) is 29.3 Å². The van der Waals surface area contributed by atoms with Gasteiger partial charge >= 0.3 is 0 Å². The van der Waals surface area contributed by atoms with Crippen molar-refractivity contribution in [1.29, 1.82) is 0 Å². The molecule has 3 atom stereocenters. The monoisotopic (exact) mass is 283 g/mol. The summed E-state index contributed by atoms with van der Waals surface area (Å²) in [5.74, 6) is 1.53. The van der Waals surface area contributed by atoms with Crippen LogP contribution in [0.4, 0.5) is 0 Å². The highest BCUT2D eigenvalue weighted by Gasteiger charge is 2.32. The highest BCUT2D eigenvalue weighted by Crippen LogP contribution is 2.28. The predicted octanol–water partition coefficient (Wildman–Crippen LogP) is 3.22. The van der Waals surface area contributed by atoms with Gasteiger partial charge in [-0.3, -0.25) is 0 Å².